The van der Waals surface area contributed by atoms with Crippen LogP contribution < -0.4 is 15.4 Å². The van der Waals surface area contributed by atoms with Crippen molar-refractivity contribution in [2.45, 2.75) is 33.2 Å². The summed E-state index contributed by atoms with van der Waals surface area (Å²) in [6, 6.07) is 4.67. The summed E-state index contributed by atoms with van der Waals surface area (Å²) >= 11 is 0. The lowest BCUT2D eigenvalue weighted by Crippen LogP contribution is -2.32. The molecule has 0 radical (unpaired) electrons. The first kappa shape index (κ1) is 16.0. The van der Waals surface area contributed by atoms with Crippen LogP contribution in [-0.4, -0.2) is 27.7 Å². The van der Waals surface area contributed by atoms with E-state index in [9.17, 15) is 0 Å². The minimum absolute atomic E-state index is 0.313. The summed E-state index contributed by atoms with van der Waals surface area (Å²) in [7, 11) is 5.79. The molecule has 0 aromatic heterocycles. The topological polar surface area (TPSA) is 33.3 Å². The third-order valence-corrected chi connectivity index (χ3v) is 3.80. The molecule has 2 atom stereocenters. The summed E-state index contributed by atoms with van der Waals surface area (Å²) in [5.74, 6) is 1.54. The van der Waals surface area contributed by atoms with Crippen LogP contribution in [0.4, 0.5) is 0 Å². The van der Waals surface area contributed by atoms with E-state index in [1.54, 1.807) is 7.11 Å². The Kier molecular flexibility index (Phi) is 6.32. The van der Waals surface area contributed by atoms with E-state index in [0.717, 1.165) is 18.7 Å². The summed E-state index contributed by atoms with van der Waals surface area (Å²) in [6.07, 6.45) is 1.13. The zero-order valence-electron chi connectivity index (χ0n) is 13.1. The Balaban J connectivity index is 3.23. The van der Waals surface area contributed by atoms with Crippen LogP contribution in [0.5, 0.6) is 5.75 Å². The van der Waals surface area contributed by atoms with Gasteiger partial charge >= 0.3 is 0 Å². The van der Waals surface area contributed by atoms with Gasteiger partial charge in [-0.2, -0.15) is 0 Å². The number of aryl methyl sites for hydroxylation is 2. The molecule has 0 saturated heterocycles. The molecule has 0 spiro atoms. The number of hydrogen-bond acceptors (Lipinski definition) is 3. The zero-order chi connectivity index (χ0) is 14.4. The van der Waals surface area contributed by atoms with E-state index >= 15 is 0 Å². The van der Waals surface area contributed by atoms with Gasteiger partial charge in [-0.15, -0.1) is 0 Å². The molecule has 3 heteroatoms. The fourth-order valence-corrected chi connectivity index (χ4v) is 2.88. The molecule has 0 bridgehead atoms. The van der Waals surface area contributed by atoms with Gasteiger partial charge < -0.3 is 15.4 Å². The summed E-state index contributed by atoms with van der Waals surface area (Å²) < 4.78 is 5.60. The quantitative estimate of drug-likeness (QED) is 0.794. The van der Waals surface area contributed by atoms with Crippen molar-refractivity contribution < 1.29 is 4.74 Å². The molecule has 1 aromatic rings. The van der Waals surface area contributed by atoms with Gasteiger partial charge in [0.2, 0.25) is 0 Å². The highest BCUT2D eigenvalue weighted by Crippen LogP contribution is 2.34. The number of benzene rings is 1. The third kappa shape index (κ3) is 3.71. The van der Waals surface area contributed by atoms with Crippen molar-refractivity contribution in [1.82, 2.24) is 10.6 Å². The predicted octanol–water partition coefficient (Wildman–Crippen LogP) is 2.82. The molecule has 0 aliphatic heterocycles. The number of nitrogens with one attached hydrogen (secondary N) is 2. The Hall–Kier alpha value is -1.06. The maximum Gasteiger partial charge on any atom is 0.124 e. The molecule has 0 heterocycles. The zero-order valence-corrected chi connectivity index (χ0v) is 13.1. The molecule has 0 aliphatic carbocycles. The smallest absolute Gasteiger partial charge is 0.124 e. The molecule has 0 fully saturated rings. The predicted molar refractivity (Wildman–Crippen MR) is 82.0 cm³/mol. The molecular weight excluding hydrogens is 236 g/mol. The molecule has 1 rings (SSSR count). The monoisotopic (exact) mass is 264 g/mol. The van der Waals surface area contributed by atoms with E-state index in [1.807, 2.05) is 14.1 Å². The second-order valence-corrected chi connectivity index (χ2v) is 5.19. The molecule has 1 aromatic carbocycles. The maximum atomic E-state index is 5.60. The Morgan fingerprint density at radius 2 is 1.89 bits per heavy atom. The summed E-state index contributed by atoms with van der Waals surface area (Å²) in [5, 5.41) is 6.76. The van der Waals surface area contributed by atoms with E-state index in [-0.39, 0.29) is 0 Å². The van der Waals surface area contributed by atoms with Gasteiger partial charge in [0.1, 0.15) is 5.75 Å². The first-order chi connectivity index (χ1) is 9.08. The highest BCUT2D eigenvalue weighted by atomic mass is 16.5. The molecule has 2 N–H and O–H groups in total. The first-order valence-corrected chi connectivity index (χ1v) is 7.05. The first-order valence-electron chi connectivity index (χ1n) is 7.05. The molecule has 0 amide bonds. The molecule has 19 heavy (non-hydrogen) atoms. The van der Waals surface area contributed by atoms with Crippen molar-refractivity contribution in [1.29, 1.82) is 0 Å². The minimum atomic E-state index is 0.313. The molecule has 0 aliphatic rings. The van der Waals surface area contributed by atoms with Crippen LogP contribution >= 0.6 is 0 Å². The van der Waals surface area contributed by atoms with Gasteiger partial charge in [0.25, 0.3) is 0 Å². The molecule has 2 unspecified atom stereocenters. The average Bonchev–Trinajstić information content (AvgIpc) is 2.39. The van der Waals surface area contributed by atoms with Crippen molar-refractivity contribution in [3.05, 3.63) is 28.8 Å². The van der Waals surface area contributed by atoms with Crippen molar-refractivity contribution >= 4 is 0 Å². The second-order valence-electron chi connectivity index (χ2n) is 5.19. The Morgan fingerprint density at radius 3 is 2.37 bits per heavy atom. The van der Waals surface area contributed by atoms with E-state index in [2.05, 4.69) is 43.5 Å². The van der Waals surface area contributed by atoms with Crippen LogP contribution in [0.3, 0.4) is 0 Å². The Labute approximate surface area is 117 Å². The lowest BCUT2D eigenvalue weighted by molar-refractivity contribution is 0.339. The van der Waals surface area contributed by atoms with Gasteiger partial charge in [-0.25, -0.2) is 0 Å². The summed E-state index contributed by atoms with van der Waals surface area (Å²) in [6.45, 7) is 7.51. The number of methoxy groups -OCH3 is 1. The van der Waals surface area contributed by atoms with Crippen LogP contribution in [-0.2, 0) is 0 Å². The van der Waals surface area contributed by atoms with Gasteiger partial charge in [-0.05, 0) is 57.6 Å². The molecule has 108 valence electrons. The average molecular weight is 264 g/mol. The third-order valence-electron chi connectivity index (χ3n) is 3.80. The number of rotatable bonds is 7. The van der Waals surface area contributed by atoms with E-state index in [0.29, 0.717) is 12.0 Å². The highest BCUT2D eigenvalue weighted by molar-refractivity contribution is 5.45. The van der Waals surface area contributed by atoms with Gasteiger partial charge in [0, 0.05) is 11.6 Å². The number of hydrogen-bond donors (Lipinski definition) is 2. The van der Waals surface area contributed by atoms with Crippen molar-refractivity contribution in [3.63, 3.8) is 0 Å². The lowest BCUT2D eigenvalue weighted by Gasteiger charge is -2.29. The standard InChI is InChI=1S/C16H28N2O/c1-7-13(10-17-4)16(18-5)15-12(3)8-11(2)9-14(15)19-6/h8-9,13,16-18H,7,10H2,1-6H3. The fourth-order valence-electron chi connectivity index (χ4n) is 2.88. The Morgan fingerprint density at radius 1 is 1.21 bits per heavy atom. The second kappa shape index (κ2) is 7.51. The van der Waals surface area contributed by atoms with Gasteiger partial charge in [0.05, 0.1) is 7.11 Å². The van der Waals surface area contributed by atoms with Crippen LogP contribution in [0.15, 0.2) is 12.1 Å². The van der Waals surface area contributed by atoms with Crippen molar-refractivity contribution in [3.8, 4) is 5.75 Å². The van der Waals surface area contributed by atoms with Gasteiger partial charge in [-0.1, -0.05) is 19.4 Å². The van der Waals surface area contributed by atoms with Crippen LogP contribution in [0.2, 0.25) is 0 Å². The summed E-state index contributed by atoms with van der Waals surface area (Å²) in [5.41, 5.74) is 3.83. The molecular formula is C16H28N2O. The SMILES string of the molecule is CCC(CNC)C(NC)c1c(C)cc(C)cc1OC. The van der Waals surface area contributed by atoms with Crippen LogP contribution in [0.1, 0.15) is 36.1 Å². The Bertz CT molecular complexity index is 404. The lowest BCUT2D eigenvalue weighted by atomic mass is 9.87. The van der Waals surface area contributed by atoms with Crippen LogP contribution in [0, 0.1) is 19.8 Å². The maximum absolute atomic E-state index is 5.60. The van der Waals surface area contributed by atoms with Gasteiger partial charge in [0.15, 0.2) is 0 Å². The van der Waals surface area contributed by atoms with E-state index in [4.69, 9.17) is 4.74 Å². The van der Waals surface area contributed by atoms with Crippen molar-refractivity contribution in [2.75, 3.05) is 27.7 Å². The normalized spacial score (nSPS) is 14.2. The largest absolute Gasteiger partial charge is 0.496 e. The highest BCUT2D eigenvalue weighted by Gasteiger charge is 2.24. The number of ether oxygens (including phenoxy) is 1. The summed E-state index contributed by atoms with van der Waals surface area (Å²) in [4.78, 5) is 0. The molecule has 3 nitrogen and oxygen atoms in total. The van der Waals surface area contributed by atoms with Crippen molar-refractivity contribution in [2.24, 2.45) is 5.92 Å². The minimum Gasteiger partial charge on any atom is -0.496 e. The molecule has 0 saturated carbocycles. The van der Waals surface area contributed by atoms with Gasteiger partial charge in [-0.3, -0.25) is 0 Å². The van der Waals surface area contributed by atoms with E-state index in [1.165, 1.54) is 16.7 Å². The fraction of sp³-hybridized carbons (Fsp3) is 0.625. The van der Waals surface area contributed by atoms with E-state index < -0.39 is 0 Å². The van der Waals surface area contributed by atoms with Crippen LogP contribution in [0.25, 0.3) is 0 Å².